The first kappa shape index (κ1) is 24.6. The minimum absolute atomic E-state index is 0.00949. The Hall–Kier alpha value is -5.21. The second-order valence-electron chi connectivity index (χ2n) is 11.7. The Labute approximate surface area is 244 Å². The quantitative estimate of drug-likeness (QED) is 0.209. The molecule has 42 heavy (non-hydrogen) atoms. The molecule has 200 valence electrons. The zero-order valence-electron chi connectivity index (χ0n) is 23.5. The van der Waals surface area contributed by atoms with Gasteiger partial charge in [-0.25, -0.2) is 0 Å². The molecule has 6 aromatic carbocycles. The molecule has 0 N–H and O–H groups in total. The molecule has 2 nitrogen and oxygen atoms in total. The molecule has 0 aliphatic heterocycles. The van der Waals surface area contributed by atoms with Crippen molar-refractivity contribution in [3.8, 4) is 44.5 Å². The fraction of sp³-hybridized carbons (Fsp3) is 0.0750. The Morgan fingerprint density at radius 3 is 1.62 bits per heavy atom. The van der Waals surface area contributed by atoms with Crippen LogP contribution in [0.5, 0.6) is 0 Å². The molecule has 0 radical (unpaired) electrons. The van der Waals surface area contributed by atoms with Crippen LogP contribution in [0.4, 0.5) is 0 Å². The SMILES string of the molecule is CC1(C)c2ccccc2-c2ccc(-c3ccc4oc5ccc(-c6ccc(-c7ccccc7)cc6)cc5c(=O)c4c3)cc21. The normalized spacial score (nSPS) is 13.3. The van der Waals surface area contributed by atoms with Crippen molar-refractivity contribution in [1.29, 1.82) is 0 Å². The van der Waals surface area contributed by atoms with E-state index in [1.54, 1.807) is 0 Å². The molecule has 1 heterocycles. The van der Waals surface area contributed by atoms with Crippen molar-refractivity contribution in [3.05, 3.63) is 155 Å². The summed E-state index contributed by atoms with van der Waals surface area (Å²) in [5.74, 6) is 0. The molecular formula is C40H28O2. The van der Waals surface area contributed by atoms with Gasteiger partial charge in [-0.15, -0.1) is 0 Å². The molecule has 1 aliphatic carbocycles. The molecule has 0 fully saturated rings. The first-order chi connectivity index (χ1) is 20.5. The van der Waals surface area contributed by atoms with Gasteiger partial charge >= 0.3 is 0 Å². The highest BCUT2D eigenvalue weighted by Gasteiger charge is 2.35. The van der Waals surface area contributed by atoms with E-state index in [2.05, 4.69) is 98.8 Å². The summed E-state index contributed by atoms with van der Waals surface area (Å²) in [7, 11) is 0. The van der Waals surface area contributed by atoms with E-state index in [1.165, 1.54) is 27.8 Å². The highest BCUT2D eigenvalue weighted by atomic mass is 16.3. The first-order valence-corrected chi connectivity index (χ1v) is 14.4. The van der Waals surface area contributed by atoms with E-state index in [9.17, 15) is 4.79 Å². The van der Waals surface area contributed by atoms with Gasteiger partial charge in [-0.2, -0.15) is 0 Å². The molecule has 0 bridgehead atoms. The smallest absolute Gasteiger partial charge is 0.200 e. The molecular weight excluding hydrogens is 512 g/mol. The van der Waals surface area contributed by atoms with Gasteiger partial charge < -0.3 is 4.42 Å². The van der Waals surface area contributed by atoms with Crippen LogP contribution < -0.4 is 5.43 Å². The number of hydrogen-bond donors (Lipinski definition) is 0. The van der Waals surface area contributed by atoms with Crippen molar-refractivity contribution in [2.45, 2.75) is 19.3 Å². The third kappa shape index (κ3) is 3.76. The van der Waals surface area contributed by atoms with Crippen molar-refractivity contribution in [2.24, 2.45) is 0 Å². The Bertz CT molecular complexity index is 2220. The van der Waals surface area contributed by atoms with E-state index >= 15 is 0 Å². The van der Waals surface area contributed by atoms with Gasteiger partial charge in [0.05, 0.1) is 10.8 Å². The van der Waals surface area contributed by atoms with Gasteiger partial charge in [0.25, 0.3) is 0 Å². The fourth-order valence-electron chi connectivity index (χ4n) is 6.59. The summed E-state index contributed by atoms with van der Waals surface area (Å²) < 4.78 is 6.24. The molecule has 0 saturated heterocycles. The van der Waals surface area contributed by atoms with E-state index in [4.69, 9.17) is 4.42 Å². The van der Waals surface area contributed by atoms with Crippen LogP contribution >= 0.6 is 0 Å². The van der Waals surface area contributed by atoms with Crippen LogP contribution in [0.15, 0.2) is 143 Å². The maximum absolute atomic E-state index is 13.9. The van der Waals surface area contributed by atoms with Crippen LogP contribution in [0, 0.1) is 0 Å². The van der Waals surface area contributed by atoms with Gasteiger partial charge in [0.2, 0.25) is 5.43 Å². The van der Waals surface area contributed by atoms with Crippen LogP contribution in [0.3, 0.4) is 0 Å². The highest BCUT2D eigenvalue weighted by molar-refractivity contribution is 5.94. The zero-order valence-corrected chi connectivity index (χ0v) is 23.5. The molecule has 1 aliphatic rings. The van der Waals surface area contributed by atoms with Crippen molar-refractivity contribution < 1.29 is 4.42 Å². The number of hydrogen-bond acceptors (Lipinski definition) is 2. The predicted molar refractivity (Wildman–Crippen MR) is 174 cm³/mol. The highest BCUT2D eigenvalue weighted by Crippen LogP contribution is 2.49. The molecule has 2 heteroatoms. The number of benzene rings is 6. The van der Waals surface area contributed by atoms with Crippen LogP contribution in [0.2, 0.25) is 0 Å². The molecule has 7 aromatic rings. The lowest BCUT2D eigenvalue weighted by atomic mass is 9.81. The lowest BCUT2D eigenvalue weighted by Gasteiger charge is -2.22. The summed E-state index contributed by atoms with van der Waals surface area (Å²) >= 11 is 0. The molecule has 0 amide bonds. The monoisotopic (exact) mass is 540 g/mol. The van der Waals surface area contributed by atoms with Gasteiger partial charge in [0.15, 0.2) is 0 Å². The van der Waals surface area contributed by atoms with E-state index in [-0.39, 0.29) is 10.8 Å². The lowest BCUT2D eigenvalue weighted by Crippen LogP contribution is -2.14. The molecule has 8 rings (SSSR count). The standard InChI is InChI=1S/C40H28O2/c1-40(2)35-11-7-6-10-31(35)32-19-16-30(24-36(32)40)29-18-21-38-34(23-29)39(41)33-22-28(17-20-37(33)42-38)27-14-12-26(13-15-27)25-8-4-3-5-9-25/h3-24H,1-2H3. The Morgan fingerprint density at radius 1 is 0.452 bits per heavy atom. The van der Waals surface area contributed by atoms with Crippen LogP contribution in [0.25, 0.3) is 66.4 Å². The van der Waals surface area contributed by atoms with Crippen molar-refractivity contribution in [2.75, 3.05) is 0 Å². The van der Waals surface area contributed by atoms with Crippen LogP contribution in [-0.2, 0) is 5.41 Å². The summed E-state index contributed by atoms with van der Waals surface area (Å²) in [6.07, 6.45) is 0. The molecule has 0 saturated carbocycles. The average Bonchev–Trinajstić information content (AvgIpc) is 3.27. The fourth-order valence-corrected chi connectivity index (χ4v) is 6.59. The van der Waals surface area contributed by atoms with E-state index in [1.807, 2.05) is 48.5 Å². The van der Waals surface area contributed by atoms with Crippen molar-refractivity contribution in [1.82, 2.24) is 0 Å². The summed E-state index contributed by atoms with van der Waals surface area (Å²) in [5, 5.41) is 1.19. The average molecular weight is 541 g/mol. The maximum Gasteiger partial charge on any atom is 0.200 e. The largest absolute Gasteiger partial charge is 0.456 e. The topological polar surface area (TPSA) is 30.2 Å². The third-order valence-electron chi connectivity index (χ3n) is 8.91. The molecule has 0 atom stereocenters. The minimum atomic E-state index is -0.0796. The zero-order chi connectivity index (χ0) is 28.4. The lowest BCUT2D eigenvalue weighted by molar-refractivity contribution is 0.659. The van der Waals surface area contributed by atoms with Gasteiger partial charge in [0.1, 0.15) is 11.2 Å². The molecule has 0 spiro atoms. The van der Waals surface area contributed by atoms with Gasteiger partial charge in [-0.1, -0.05) is 117 Å². The first-order valence-electron chi connectivity index (χ1n) is 14.4. The van der Waals surface area contributed by atoms with Gasteiger partial charge in [-0.3, -0.25) is 4.79 Å². The Morgan fingerprint density at radius 2 is 0.929 bits per heavy atom. The summed E-state index contributed by atoms with van der Waals surface area (Å²) in [4.78, 5) is 13.9. The number of rotatable bonds is 3. The van der Waals surface area contributed by atoms with Crippen molar-refractivity contribution >= 4 is 21.9 Å². The van der Waals surface area contributed by atoms with Crippen molar-refractivity contribution in [3.63, 3.8) is 0 Å². The van der Waals surface area contributed by atoms with E-state index < -0.39 is 0 Å². The molecule has 1 aromatic heterocycles. The van der Waals surface area contributed by atoms with Crippen LogP contribution in [0.1, 0.15) is 25.0 Å². The summed E-state index contributed by atoms with van der Waals surface area (Å²) in [6.45, 7) is 4.57. The number of fused-ring (bicyclic) bond motifs is 5. The second-order valence-corrected chi connectivity index (χ2v) is 11.7. The maximum atomic E-state index is 13.9. The summed E-state index contributed by atoms with van der Waals surface area (Å²) in [6, 6.07) is 46.0. The van der Waals surface area contributed by atoms with E-state index in [0.717, 1.165) is 27.8 Å². The Kier molecular flexibility index (Phi) is 5.36. The predicted octanol–water partition coefficient (Wildman–Crippen LogP) is 10.3. The Balaban J connectivity index is 1.20. The summed E-state index contributed by atoms with van der Waals surface area (Å²) in [5.41, 5.74) is 12.9. The molecule has 0 unspecified atom stereocenters. The van der Waals surface area contributed by atoms with Crippen LogP contribution in [-0.4, -0.2) is 0 Å². The van der Waals surface area contributed by atoms with Gasteiger partial charge in [-0.05, 0) is 86.0 Å². The third-order valence-corrected chi connectivity index (χ3v) is 8.91. The minimum Gasteiger partial charge on any atom is -0.456 e. The van der Waals surface area contributed by atoms with Gasteiger partial charge in [0, 0.05) is 5.41 Å². The second kappa shape index (κ2) is 9.15. The van der Waals surface area contributed by atoms with E-state index in [0.29, 0.717) is 21.9 Å².